The van der Waals surface area contributed by atoms with Gasteiger partial charge in [-0.15, -0.1) is 0 Å². The van der Waals surface area contributed by atoms with Gasteiger partial charge in [0.05, 0.1) is 12.7 Å². The molecule has 3 heteroatoms. The van der Waals surface area contributed by atoms with E-state index < -0.39 is 0 Å². The molecule has 0 spiro atoms. The minimum atomic E-state index is -0.276. The highest BCUT2D eigenvalue weighted by Gasteiger charge is 2.10. The van der Waals surface area contributed by atoms with Gasteiger partial charge in [-0.05, 0) is 25.0 Å². The largest absolute Gasteiger partial charge is 0.465 e. The normalized spacial score (nSPS) is 12.2. The van der Waals surface area contributed by atoms with Crippen molar-refractivity contribution in [1.82, 2.24) is 5.32 Å². The lowest BCUT2D eigenvalue weighted by atomic mass is 10.1. The molecule has 3 nitrogen and oxygen atoms in total. The lowest BCUT2D eigenvalue weighted by Crippen LogP contribution is -2.25. The van der Waals surface area contributed by atoms with Crippen LogP contribution in [0.2, 0.25) is 0 Å². The van der Waals surface area contributed by atoms with Crippen molar-refractivity contribution >= 4 is 5.97 Å². The summed E-state index contributed by atoms with van der Waals surface area (Å²) in [4.78, 5) is 11.5. The monoisotopic (exact) mass is 221 g/mol. The molecule has 1 aromatic carbocycles. The van der Waals surface area contributed by atoms with Crippen LogP contribution in [0.3, 0.4) is 0 Å². The molecule has 0 saturated heterocycles. The molecule has 0 radical (unpaired) electrons. The Kier molecular flexibility index (Phi) is 4.99. The number of carbonyl (C=O) groups is 1. The van der Waals surface area contributed by atoms with Gasteiger partial charge >= 0.3 is 5.97 Å². The number of benzene rings is 1. The van der Waals surface area contributed by atoms with E-state index in [0.29, 0.717) is 18.2 Å². The summed E-state index contributed by atoms with van der Waals surface area (Å²) in [6, 6.07) is 7.96. The van der Waals surface area contributed by atoms with Gasteiger partial charge in [-0.3, -0.25) is 0 Å². The summed E-state index contributed by atoms with van der Waals surface area (Å²) in [5.74, 6) is -0.276. The molecule has 88 valence electrons. The highest BCUT2D eigenvalue weighted by Crippen LogP contribution is 2.10. The zero-order chi connectivity index (χ0) is 12.0. The van der Waals surface area contributed by atoms with Crippen molar-refractivity contribution in [2.45, 2.75) is 32.9 Å². The van der Waals surface area contributed by atoms with Gasteiger partial charge < -0.3 is 10.1 Å². The molecule has 16 heavy (non-hydrogen) atoms. The van der Waals surface area contributed by atoms with E-state index in [1.165, 1.54) is 7.11 Å². The number of hydrogen-bond acceptors (Lipinski definition) is 3. The molecule has 1 N–H and O–H groups in total. The summed E-state index contributed by atoms with van der Waals surface area (Å²) in [7, 11) is 1.40. The van der Waals surface area contributed by atoms with Crippen LogP contribution in [-0.2, 0) is 11.3 Å². The molecule has 0 bridgehead atoms. The maximum absolute atomic E-state index is 11.5. The van der Waals surface area contributed by atoms with Crippen LogP contribution in [0, 0.1) is 0 Å². The Hall–Kier alpha value is -1.35. The predicted octanol–water partition coefficient (Wildman–Crippen LogP) is 2.36. The lowest BCUT2D eigenvalue weighted by Gasteiger charge is -2.13. The summed E-state index contributed by atoms with van der Waals surface area (Å²) < 4.78 is 4.74. The number of ether oxygens (including phenoxy) is 1. The van der Waals surface area contributed by atoms with Gasteiger partial charge in [-0.1, -0.05) is 25.1 Å². The lowest BCUT2D eigenvalue weighted by molar-refractivity contribution is 0.0599. The quantitative estimate of drug-likeness (QED) is 0.776. The van der Waals surface area contributed by atoms with E-state index in [2.05, 4.69) is 19.2 Å². The van der Waals surface area contributed by atoms with Gasteiger partial charge in [0, 0.05) is 12.6 Å². The molecule has 0 saturated carbocycles. The molecule has 0 aliphatic heterocycles. The van der Waals surface area contributed by atoms with Crippen molar-refractivity contribution in [3.05, 3.63) is 35.4 Å². The summed E-state index contributed by atoms with van der Waals surface area (Å²) in [5, 5.41) is 3.36. The van der Waals surface area contributed by atoms with E-state index in [-0.39, 0.29) is 5.97 Å². The first kappa shape index (κ1) is 12.7. The second kappa shape index (κ2) is 6.28. The Morgan fingerprint density at radius 2 is 2.12 bits per heavy atom. The average Bonchev–Trinajstić information content (AvgIpc) is 2.35. The summed E-state index contributed by atoms with van der Waals surface area (Å²) in [6.07, 6.45) is 1.07. The van der Waals surface area contributed by atoms with Crippen LogP contribution in [0.4, 0.5) is 0 Å². The molecule has 1 aromatic rings. The van der Waals surface area contributed by atoms with E-state index in [4.69, 9.17) is 4.74 Å². The maximum atomic E-state index is 11.5. The van der Waals surface area contributed by atoms with Crippen molar-refractivity contribution in [3.8, 4) is 0 Å². The Balaban J connectivity index is 2.75. The van der Waals surface area contributed by atoms with Gasteiger partial charge in [0.25, 0.3) is 0 Å². The number of methoxy groups -OCH3 is 1. The van der Waals surface area contributed by atoms with E-state index in [1.54, 1.807) is 6.07 Å². The van der Waals surface area contributed by atoms with Crippen LogP contribution in [0.25, 0.3) is 0 Å². The molecule has 0 aromatic heterocycles. The second-order valence-electron chi connectivity index (χ2n) is 3.84. The summed E-state index contributed by atoms with van der Waals surface area (Å²) in [5.41, 5.74) is 1.62. The molecular weight excluding hydrogens is 202 g/mol. The van der Waals surface area contributed by atoms with Gasteiger partial charge in [-0.2, -0.15) is 0 Å². The van der Waals surface area contributed by atoms with E-state index in [9.17, 15) is 4.79 Å². The topological polar surface area (TPSA) is 38.3 Å². The fraction of sp³-hybridized carbons (Fsp3) is 0.462. The minimum absolute atomic E-state index is 0.276. The van der Waals surface area contributed by atoms with Crippen LogP contribution >= 0.6 is 0 Å². The molecule has 0 heterocycles. The van der Waals surface area contributed by atoms with Crippen LogP contribution < -0.4 is 5.32 Å². The highest BCUT2D eigenvalue weighted by atomic mass is 16.5. The molecule has 0 amide bonds. The molecule has 0 fully saturated rings. The number of esters is 1. The maximum Gasteiger partial charge on any atom is 0.338 e. The van der Waals surface area contributed by atoms with E-state index in [0.717, 1.165) is 12.0 Å². The first-order chi connectivity index (χ1) is 7.69. The number of rotatable bonds is 5. The third-order valence-electron chi connectivity index (χ3n) is 2.68. The zero-order valence-electron chi connectivity index (χ0n) is 10.1. The van der Waals surface area contributed by atoms with Crippen molar-refractivity contribution < 1.29 is 9.53 Å². The molecule has 1 atom stereocenters. The fourth-order valence-corrected chi connectivity index (χ4v) is 1.41. The van der Waals surface area contributed by atoms with E-state index in [1.807, 2.05) is 18.2 Å². The van der Waals surface area contributed by atoms with Crippen LogP contribution in [0.15, 0.2) is 24.3 Å². The fourth-order valence-electron chi connectivity index (χ4n) is 1.41. The van der Waals surface area contributed by atoms with Gasteiger partial charge in [0.2, 0.25) is 0 Å². The molecule has 0 aliphatic carbocycles. The Morgan fingerprint density at radius 1 is 1.44 bits per heavy atom. The first-order valence-electron chi connectivity index (χ1n) is 5.58. The SMILES string of the molecule is CCC(C)NCc1ccccc1C(=O)OC. The summed E-state index contributed by atoms with van der Waals surface area (Å²) in [6.45, 7) is 4.95. The predicted molar refractivity (Wildman–Crippen MR) is 64.4 cm³/mol. The number of carbonyl (C=O) groups excluding carboxylic acids is 1. The van der Waals surface area contributed by atoms with Crippen molar-refractivity contribution in [3.63, 3.8) is 0 Å². The molecule has 0 aliphatic rings. The number of nitrogens with one attached hydrogen (secondary N) is 1. The third kappa shape index (κ3) is 3.35. The average molecular weight is 221 g/mol. The van der Waals surface area contributed by atoms with Gasteiger partial charge in [0.1, 0.15) is 0 Å². The number of hydrogen-bond donors (Lipinski definition) is 1. The Labute approximate surface area is 96.8 Å². The zero-order valence-corrected chi connectivity index (χ0v) is 10.1. The van der Waals surface area contributed by atoms with Crippen LogP contribution in [0.5, 0.6) is 0 Å². The summed E-state index contributed by atoms with van der Waals surface area (Å²) >= 11 is 0. The van der Waals surface area contributed by atoms with E-state index >= 15 is 0 Å². The molecular formula is C13H19NO2. The van der Waals surface area contributed by atoms with Crippen molar-refractivity contribution in [2.24, 2.45) is 0 Å². The minimum Gasteiger partial charge on any atom is -0.465 e. The second-order valence-corrected chi connectivity index (χ2v) is 3.84. The van der Waals surface area contributed by atoms with Gasteiger partial charge in [-0.25, -0.2) is 4.79 Å². The molecule has 1 unspecified atom stereocenters. The Morgan fingerprint density at radius 3 is 2.75 bits per heavy atom. The standard InChI is InChI=1S/C13H19NO2/c1-4-10(2)14-9-11-7-5-6-8-12(11)13(15)16-3/h5-8,10,14H,4,9H2,1-3H3. The first-order valence-corrected chi connectivity index (χ1v) is 5.58. The third-order valence-corrected chi connectivity index (χ3v) is 2.68. The van der Waals surface area contributed by atoms with Crippen molar-refractivity contribution in [1.29, 1.82) is 0 Å². The Bertz CT molecular complexity index is 350. The smallest absolute Gasteiger partial charge is 0.338 e. The highest BCUT2D eigenvalue weighted by molar-refractivity contribution is 5.90. The van der Waals surface area contributed by atoms with Crippen LogP contribution in [-0.4, -0.2) is 19.1 Å². The van der Waals surface area contributed by atoms with Gasteiger partial charge in [0.15, 0.2) is 0 Å². The van der Waals surface area contributed by atoms with Crippen molar-refractivity contribution in [2.75, 3.05) is 7.11 Å². The molecule has 1 rings (SSSR count). The van der Waals surface area contributed by atoms with Crippen LogP contribution in [0.1, 0.15) is 36.2 Å².